The van der Waals surface area contributed by atoms with Crippen LogP contribution in [0.25, 0.3) is 0 Å². The molecule has 0 radical (unpaired) electrons. The summed E-state index contributed by atoms with van der Waals surface area (Å²) in [6.45, 7) is 3.81. The largest absolute Gasteiger partial charge is 0.351 e. The summed E-state index contributed by atoms with van der Waals surface area (Å²) < 4.78 is 50.6. The second-order valence-corrected chi connectivity index (χ2v) is 13.2. The number of rotatable bonds is 8. The molecule has 1 aliphatic carbocycles. The Kier molecular flexibility index (Phi) is 8.17. The number of hydrogen-bond donors (Lipinski definition) is 3. The van der Waals surface area contributed by atoms with Gasteiger partial charge in [0.05, 0.1) is 16.4 Å². The number of sulfonamides is 1. The van der Waals surface area contributed by atoms with Crippen molar-refractivity contribution in [3.63, 3.8) is 0 Å². The number of aryl methyl sites for hydroxylation is 1. The van der Waals surface area contributed by atoms with Gasteiger partial charge in [-0.15, -0.1) is 0 Å². The Morgan fingerprint density at radius 3 is 2.27 bits per heavy atom. The van der Waals surface area contributed by atoms with Gasteiger partial charge in [0.15, 0.2) is 9.84 Å². The molecule has 1 heterocycles. The molecule has 33 heavy (non-hydrogen) atoms. The molecule has 184 valence electrons. The first-order chi connectivity index (χ1) is 15.4. The molecule has 11 heteroatoms. The molecule has 1 aliphatic heterocycles. The maximum absolute atomic E-state index is 12.6. The second-order valence-electron chi connectivity index (χ2n) is 9.22. The highest BCUT2D eigenvalue weighted by molar-refractivity contribution is 7.91. The van der Waals surface area contributed by atoms with Crippen LogP contribution in [0.4, 0.5) is 0 Å². The number of nitrogens with one attached hydrogen (secondary N) is 3. The van der Waals surface area contributed by atoms with E-state index in [0.717, 1.165) is 18.4 Å². The quantitative estimate of drug-likeness (QED) is 0.486. The third-order valence-corrected chi connectivity index (χ3v) is 9.65. The van der Waals surface area contributed by atoms with Crippen LogP contribution in [0.15, 0.2) is 29.2 Å². The summed E-state index contributed by atoms with van der Waals surface area (Å²) in [7, 11) is -6.65. The molecule has 9 nitrogen and oxygen atoms in total. The average molecular weight is 500 g/mol. The van der Waals surface area contributed by atoms with Crippen molar-refractivity contribution in [3.8, 4) is 0 Å². The molecule has 2 atom stereocenters. The molecule has 3 rings (SSSR count). The Bertz CT molecular complexity index is 1060. The predicted molar refractivity (Wildman–Crippen MR) is 125 cm³/mol. The monoisotopic (exact) mass is 499 g/mol. The molecule has 0 bridgehead atoms. The van der Waals surface area contributed by atoms with Crippen LogP contribution in [-0.4, -0.2) is 58.8 Å². The van der Waals surface area contributed by atoms with Crippen LogP contribution in [-0.2, 0) is 29.4 Å². The minimum Gasteiger partial charge on any atom is -0.351 e. The van der Waals surface area contributed by atoms with Crippen molar-refractivity contribution in [1.82, 2.24) is 15.4 Å². The summed E-state index contributed by atoms with van der Waals surface area (Å²) in [6.07, 6.45) is 3.08. The van der Waals surface area contributed by atoms with Gasteiger partial charge in [-0.2, -0.15) is 0 Å². The first-order valence-electron chi connectivity index (χ1n) is 11.3. The molecule has 2 amide bonds. The zero-order chi connectivity index (χ0) is 24.2. The predicted octanol–water partition coefficient (Wildman–Crippen LogP) is 0.888. The molecule has 1 aromatic rings. The number of sulfone groups is 1. The van der Waals surface area contributed by atoms with Gasteiger partial charge < -0.3 is 10.6 Å². The van der Waals surface area contributed by atoms with Gasteiger partial charge in [0.2, 0.25) is 21.8 Å². The van der Waals surface area contributed by atoms with Gasteiger partial charge >= 0.3 is 0 Å². The van der Waals surface area contributed by atoms with Crippen LogP contribution in [0, 0.1) is 18.8 Å². The molecule has 2 unspecified atom stereocenters. The van der Waals surface area contributed by atoms with Crippen LogP contribution in [0.5, 0.6) is 0 Å². The van der Waals surface area contributed by atoms with Crippen LogP contribution < -0.4 is 15.4 Å². The van der Waals surface area contributed by atoms with E-state index < -0.39 is 31.9 Å². The summed E-state index contributed by atoms with van der Waals surface area (Å²) in [5.74, 6) is -0.642. The number of carbonyl (C=O) groups excluding carboxylic acids is 2. The Balaban J connectivity index is 1.40. The molecule has 2 fully saturated rings. The summed E-state index contributed by atoms with van der Waals surface area (Å²) in [4.78, 5) is 25.1. The van der Waals surface area contributed by atoms with E-state index in [1.165, 1.54) is 0 Å². The van der Waals surface area contributed by atoms with Crippen molar-refractivity contribution >= 4 is 31.7 Å². The normalized spacial score (nSPS) is 25.8. The van der Waals surface area contributed by atoms with Gasteiger partial charge in [0.1, 0.15) is 6.04 Å². The fourth-order valence-electron chi connectivity index (χ4n) is 4.29. The SMILES string of the molecule is Cc1ccc(S(=O)(=O)NCC2CCC(C(=O)NC(C)C(=O)NC3CCS(=O)(=O)C3)CC2)cc1. The third-order valence-electron chi connectivity index (χ3n) is 6.44. The topological polar surface area (TPSA) is 139 Å². The van der Waals surface area contributed by atoms with Crippen molar-refractivity contribution in [2.24, 2.45) is 11.8 Å². The van der Waals surface area contributed by atoms with Gasteiger partial charge in [-0.25, -0.2) is 21.6 Å². The average Bonchev–Trinajstić information content (AvgIpc) is 3.11. The zero-order valence-electron chi connectivity index (χ0n) is 19.0. The van der Waals surface area contributed by atoms with E-state index in [1.54, 1.807) is 31.2 Å². The summed E-state index contributed by atoms with van der Waals surface area (Å²) in [5.41, 5.74) is 0.990. The standard InChI is InChI=1S/C22H33N3O6S2/c1-15-3-9-20(10-4-15)33(30,31)23-13-17-5-7-18(8-6-17)22(27)24-16(2)21(26)25-19-11-12-32(28,29)14-19/h3-4,9-10,16-19,23H,5-8,11-14H2,1-2H3,(H,24,27)(H,25,26). The fourth-order valence-corrected chi connectivity index (χ4v) is 7.08. The molecular weight excluding hydrogens is 466 g/mol. The van der Waals surface area contributed by atoms with E-state index in [-0.39, 0.29) is 40.1 Å². The van der Waals surface area contributed by atoms with Gasteiger partial charge in [0.25, 0.3) is 0 Å². The Labute approximate surface area is 196 Å². The Hall–Kier alpha value is -1.98. The lowest BCUT2D eigenvalue weighted by Gasteiger charge is -2.28. The third kappa shape index (κ3) is 7.25. The van der Waals surface area contributed by atoms with E-state index in [4.69, 9.17) is 0 Å². The van der Waals surface area contributed by atoms with E-state index in [1.807, 2.05) is 6.92 Å². The first-order valence-corrected chi connectivity index (χ1v) is 14.6. The highest BCUT2D eigenvalue weighted by atomic mass is 32.2. The molecule has 0 aromatic heterocycles. The van der Waals surface area contributed by atoms with Crippen molar-refractivity contribution in [2.75, 3.05) is 18.1 Å². The van der Waals surface area contributed by atoms with E-state index in [9.17, 15) is 26.4 Å². The number of benzene rings is 1. The van der Waals surface area contributed by atoms with Crippen LogP contribution in [0.2, 0.25) is 0 Å². The summed E-state index contributed by atoms with van der Waals surface area (Å²) >= 11 is 0. The van der Waals surface area contributed by atoms with E-state index in [2.05, 4.69) is 15.4 Å². The summed E-state index contributed by atoms with van der Waals surface area (Å²) in [5, 5.41) is 5.43. The second kappa shape index (κ2) is 10.5. The lowest BCUT2D eigenvalue weighted by atomic mass is 9.81. The van der Waals surface area contributed by atoms with Crippen LogP contribution in [0.1, 0.15) is 44.6 Å². The van der Waals surface area contributed by atoms with Gasteiger partial charge in [-0.1, -0.05) is 17.7 Å². The first kappa shape index (κ1) is 25.6. The van der Waals surface area contributed by atoms with Gasteiger partial charge in [-0.3, -0.25) is 9.59 Å². The Morgan fingerprint density at radius 1 is 1.06 bits per heavy atom. The van der Waals surface area contributed by atoms with Crippen molar-refractivity contribution in [3.05, 3.63) is 29.8 Å². The van der Waals surface area contributed by atoms with Gasteiger partial charge in [-0.05, 0) is 64.0 Å². The van der Waals surface area contributed by atoms with Crippen molar-refractivity contribution < 1.29 is 26.4 Å². The molecule has 1 aromatic carbocycles. The molecule has 2 aliphatic rings. The highest BCUT2D eigenvalue weighted by Crippen LogP contribution is 2.29. The number of carbonyl (C=O) groups is 2. The number of amides is 2. The molecule has 3 N–H and O–H groups in total. The van der Waals surface area contributed by atoms with Crippen molar-refractivity contribution in [1.29, 1.82) is 0 Å². The van der Waals surface area contributed by atoms with Crippen LogP contribution >= 0.6 is 0 Å². The molecule has 1 saturated heterocycles. The maximum Gasteiger partial charge on any atom is 0.242 e. The van der Waals surface area contributed by atoms with Crippen molar-refractivity contribution in [2.45, 2.75) is 62.9 Å². The Morgan fingerprint density at radius 2 is 1.70 bits per heavy atom. The molecule has 1 saturated carbocycles. The highest BCUT2D eigenvalue weighted by Gasteiger charge is 2.32. The number of hydrogen-bond acceptors (Lipinski definition) is 6. The zero-order valence-corrected chi connectivity index (χ0v) is 20.7. The van der Waals surface area contributed by atoms with E-state index >= 15 is 0 Å². The van der Waals surface area contributed by atoms with E-state index in [0.29, 0.717) is 25.8 Å². The lowest BCUT2D eigenvalue weighted by Crippen LogP contribution is -2.50. The fraction of sp³-hybridized carbons (Fsp3) is 0.636. The smallest absolute Gasteiger partial charge is 0.242 e. The molecule has 0 spiro atoms. The minimum atomic E-state index is -3.56. The summed E-state index contributed by atoms with van der Waals surface area (Å²) in [6, 6.07) is 5.54. The minimum absolute atomic E-state index is 0.0584. The maximum atomic E-state index is 12.6. The van der Waals surface area contributed by atoms with Crippen LogP contribution in [0.3, 0.4) is 0 Å². The molecular formula is C22H33N3O6S2. The van der Waals surface area contributed by atoms with Gasteiger partial charge in [0, 0.05) is 18.5 Å². The lowest BCUT2D eigenvalue weighted by molar-refractivity contribution is -0.131.